The molecule has 0 unspecified atom stereocenters. The fourth-order valence-electron chi connectivity index (χ4n) is 1.25. The molecule has 1 nitrogen and oxygen atoms in total. The number of hydrogen-bond donors (Lipinski definition) is 1. The van der Waals surface area contributed by atoms with Crippen molar-refractivity contribution in [1.82, 2.24) is 0 Å². The molecule has 0 fully saturated rings. The van der Waals surface area contributed by atoms with Crippen LogP contribution in [0.15, 0.2) is 18.2 Å². The second-order valence-corrected chi connectivity index (χ2v) is 3.70. The van der Waals surface area contributed by atoms with E-state index in [2.05, 4.69) is 17.2 Å². The normalized spacial score (nSPS) is 10.6. The minimum absolute atomic E-state index is 0.295. The highest BCUT2D eigenvalue weighted by Crippen LogP contribution is 2.36. The van der Waals surface area contributed by atoms with Gasteiger partial charge >= 0.3 is 6.18 Å². The van der Waals surface area contributed by atoms with Crippen molar-refractivity contribution in [3.05, 3.63) is 28.8 Å². The van der Waals surface area contributed by atoms with Gasteiger partial charge in [0.1, 0.15) is 0 Å². The highest BCUT2D eigenvalue weighted by atomic mass is 35.5. The molecule has 0 bridgehead atoms. The number of anilines is 1. The first kappa shape index (κ1) is 13.7. The standard InChI is InChI=1S/C12H11ClF3N/c1-2-3-4-7-17-9-5-6-11(13)10(8-9)12(14,15)16/h5-6,8,17H,4,7H2,1H3. The first-order chi connectivity index (χ1) is 7.95. The van der Waals surface area contributed by atoms with E-state index in [1.165, 1.54) is 12.1 Å². The predicted molar refractivity (Wildman–Crippen MR) is 63.0 cm³/mol. The number of nitrogens with one attached hydrogen (secondary N) is 1. The number of benzene rings is 1. The van der Waals surface area contributed by atoms with Crippen molar-refractivity contribution >= 4 is 17.3 Å². The summed E-state index contributed by atoms with van der Waals surface area (Å²) < 4.78 is 37.6. The Balaban J connectivity index is 2.78. The molecule has 1 aromatic carbocycles. The second-order valence-electron chi connectivity index (χ2n) is 3.30. The fourth-order valence-corrected chi connectivity index (χ4v) is 1.47. The number of rotatable bonds is 3. The summed E-state index contributed by atoms with van der Waals surface area (Å²) in [5, 5.41) is 2.56. The molecule has 0 radical (unpaired) electrons. The van der Waals surface area contributed by atoms with Crippen molar-refractivity contribution in [2.24, 2.45) is 0 Å². The lowest BCUT2D eigenvalue weighted by Crippen LogP contribution is -2.08. The quantitative estimate of drug-likeness (QED) is 0.636. The second kappa shape index (κ2) is 5.83. The van der Waals surface area contributed by atoms with Crippen molar-refractivity contribution < 1.29 is 13.2 Å². The van der Waals surface area contributed by atoms with Gasteiger partial charge in [0.05, 0.1) is 10.6 Å². The van der Waals surface area contributed by atoms with Crippen molar-refractivity contribution in [3.63, 3.8) is 0 Å². The lowest BCUT2D eigenvalue weighted by Gasteiger charge is -2.11. The van der Waals surface area contributed by atoms with E-state index in [1.807, 2.05) is 0 Å². The van der Waals surface area contributed by atoms with E-state index in [1.54, 1.807) is 6.92 Å². The van der Waals surface area contributed by atoms with Crippen LogP contribution in [-0.4, -0.2) is 6.54 Å². The zero-order valence-corrected chi connectivity index (χ0v) is 9.91. The summed E-state index contributed by atoms with van der Waals surface area (Å²) in [5.41, 5.74) is -0.439. The summed E-state index contributed by atoms with van der Waals surface area (Å²) in [6.07, 6.45) is -3.85. The Morgan fingerprint density at radius 3 is 2.65 bits per heavy atom. The van der Waals surface area contributed by atoms with Crippen molar-refractivity contribution in [2.75, 3.05) is 11.9 Å². The van der Waals surface area contributed by atoms with E-state index < -0.39 is 11.7 Å². The zero-order valence-electron chi connectivity index (χ0n) is 9.16. The van der Waals surface area contributed by atoms with Gasteiger partial charge in [0.25, 0.3) is 0 Å². The van der Waals surface area contributed by atoms with Crippen LogP contribution in [0.5, 0.6) is 0 Å². The van der Waals surface area contributed by atoms with Gasteiger partial charge in [-0.25, -0.2) is 0 Å². The van der Waals surface area contributed by atoms with Gasteiger partial charge in [0.2, 0.25) is 0 Å². The van der Waals surface area contributed by atoms with Crippen LogP contribution in [0.1, 0.15) is 18.9 Å². The van der Waals surface area contributed by atoms with Gasteiger partial charge in [-0.15, -0.1) is 11.8 Å². The molecule has 0 saturated heterocycles. The maximum Gasteiger partial charge on any atom is 0.417 e. The topological polar surface area (TPSA) is 12.0 Å². The Morgan fingerprint density at radius 1 is 1.35 bits per heavy atom. The largest absolute Gasteiger partial charge is 0.417 e. The molecule has 0 aliphatic rings. The molecule has 1 aromatic rings. The SMILES string of the molecule is CC#CCCNc1ccc(Cl)c(C(F)(F)F)c1. The molecule has 0 saturated carbocycles. The minimum Gasteiger partial charge on any atom is -0.384 e. The summed E-state index contributed by atoms with van der Waals surface area (Å²) in [7, 11) is 0. The fraction of sp³-hybridized carbons (Fsp3) is 0.333. The Morgan fingerprint density at radius 2 is 2.06 bits per heavy atom. The summed E-state index contributed by atoms with van der Waals surface area (Å²) in [4.78, 5) is 0. The van der Waals surface area contributed by atoms with E-state index in [-0.39, 0.29) is 5.02 Å². The molecule has 0 aromatic heterocycles. The molecular weight excluding hydrogens is 251 g/mol. The van der Waals surface area contributed by atoms with Crippen molar-refractivity contribution in [2.45, 2.75) is 19.5 Å². The Kier molecular flexibility index (Phi) is 4.71. The summed E-state index contributed by atoms with van der Waals surface area (Å²) in [6.45, 7) is 2.21. The molecular formula is C12H11ClF3N. The molecule has 0 aliphatic heterocycles. The maximum atomic E-state index is 12.5. The van der Waals surface area contributed by atoms with E-state index in [0.717, 1.165) is 6.07 Å². The Hall–Kier alpha value is -1.34. The van der Waals surface area contributed by atoms with Crippen LogP contribution in [0.3, 0.4) is 0 Å². The molecule has 17 heavy (non-hydrogen) atoms. The molecule has 0 amide bonds. The van der Waals surface area contributed by atoms with Crippen LogP contribution in [-0.2, 0) is 6.18 Å². The molecule has 0 heterocycles. The highest BCUT2D eigenvalue weighted by molar-refractivity contribution is 6.31. The van der Waals surface area contributed by atoms with Crippen LogP contribution in [0.25, 0.3) is 0 Å². The Labute approximate surface area is 103 Å². The van der Waals surface area contributed by atoms with Gasteiger partial charge in [-0.2, -0.15) is 13.2 Å². The Bertz CT molecular complexity index is 443. The number of hydrogen-bond acceptors (Lipinski definition) is 1. The van der Waals surface area contributed by atoms with Crippen LogP contribution in [0.4, 0.5) is 18.9 Å². The molecule has 0 spiro atoms. The average molecular weight is 262 g/mol. The summed E-state index contributed by atoms with van der Waals surface area (Å²) in [6, 6.07) is 3.75. The van der Waals surface area contributed by atoms with Crippen LogP contribution in [0.2, 0.25) is 5.02 Å². The van der Waals surface area contributed by atoms with E-state index in [4.69, 9.17) is 11.6 Å². The van der Waals surface area contributed by atoms with E-state index >= 15 is 0 Å². The molecule has 0 atom stereocenters. The van der Waals surface area contributed by atoms with Crippen molar-refractivity contribution in [3.8, 4) is 11.8 Å². The van der Waals surface area contributed by atoms with Gasteiger partial charge in [-0.3, -0.25) is 0 Å². The monoisotopic (exact) mass is 261 g/mol. The summed E-state index contributed by atoms with van der Waals surface area (Å²) in [5.74, 6) is 5.52. The molecule has 1 N–H and O–H groups in total. The van der Waals surface area contributed by atoms with Gasteiger partial charge < -0.3 is 5.32 Å². The summed E-state index contributed by atoms with van der Waals surface area (Å²) >= 11 is 5.49. The molecule has 5 heteroatoms. The minimum atomic E-state index is -4.43. The molecule has 92 valence electrons. The van der Waals surface area contributed by atoms with Gasteiger partial charge in [-0.1, -0.05) is 11.6 Å². The van der Waals surface area contributed by atoms with Gasteiger partial charge in [-0.05, 0) is 25.1 Å². The average Bonchev–Trinajstić information content (AvgIpc) is 2.25. The third-order valence-corrected chi connectivity index (χ3v) is 2.36. The van der Waals surface area contributed by atoms with Gasteiger partial charge in [0, 0.05) is 18.7 Å². The van der Waals surface area contributed by atoms with Crippen LogP contribution >= 0.6 is 11.6 Å². The maximum absolute atomic E-state index is 12.5. The first-order valence-electron chi connectivity index (χ1n) is 4.95. The number of halogens is 4. The first-order valence-corrected chi connectivity index (χ1v) is 5.33. The van der Waals surface area contributed by atoms with Crippen LogP contribution < -0.4 is 5.32 Å². The highest BCUT2D eigenvalue weighted by Gasteiger charge is 2.33. The predicted octanol–water partition coefficient (Wildman–Crippen LogP) is 4.18. The van der Waals surface area contributed by atoms with Gasteiger partial charge in [0.15, 0.2) is 0 Å². The smallest absolute Gasteiger partial charge is 0.384 e. The van der Waals surface area contributed by atoms with E-state index in [9.17, 15) is 13.2 Å². The van der Waals surface area contributed by atoms with Crippen LogP contribution in [0, 0.1) is 11.8 Å². The zero-order chi connectivity index (χ0) is 12.9. The lowest BCUT2D eigenvalue weighted by molar-refractivity contribution is -0.137. The third-order valence-electron chi connectivity index (χ3n) is 2.03. The molecule has 0 aliphatic carbocycles. The lowest BCUT2D eigenvalue weighted by atomic mass is 10.2. The third kappa shape index (κ3) is 4.20. The molecule has 1 rings (SSSR count). The van der Waals surface area contributed by atoms with Crippen molar-refractivity contribution in [1.29, 1.82) is 0 Å². The number of alkyl halides is 3. The van der Waals surface area contributed by atoms with E-state index in [0.29, 0.717) is 18.7 Å².